The first-order chi connectivity index (χ1) is 9.08. The van der Waals surface area contributed by atoms with Gasteiger partial charge >= 0.3 is 0 Å². The van der Waals surface area contributed by atoms with Gasteiger partial charge in [-0.05, 0) is 41.8 Å². The molecule has 0 amide bonds. The number of nitrogens with zero attached hydrogens (tertiary/aromatic N) is 1. The number of hydrogen-bond acceptors (Lipinski definition) is 3. The van der Waals surface area contributed by atoms with Gasteiger partial charge in [-0.25, -0.2) is 4.98 Å². The lowest BCUT2D eigenvalue weighted by molar-refractivity contribution is 0.458. The highest BCUT2D eigenvalue weighted by molar-refractivity contribution is 6.30. The monoisotopic (exact) mass is 276 g/mol. The molecule has 0 unspecified atom stereocenters. The molecule has 3 nitrogen and oxygen atoms in total. The molecule has 4 heteroatoms. The van der Waals surface area contributed by atoms with Crippen LogP contribution in [0.3, 0.4) is 0 Å². The highest BCUT2D eigenvalue weighted by Crippen LogP contribution is 2.24. The first kappa shape index (κ1) is 13.8. The summed E-state index contributed by atoms with van der Waals surface area (Å²) in [7, 11) is 0. The Bertz CT molecular complexity index is 553. The van der Waals surface area contributed by atoms with Crippen molar-refractivity contribution in [3.8, 4) is 11.6 Å². The summed E-state index contributed by atoms with van der Waals surface area (Å²) < 4.78 is 5.74. The van der Waals surface area contributed by atoms with Crippen LogP contribution >= 0.6 is 11.6 Å². The summed E-state index contributed by atoms with van der Waals surface area (Å²) in [5.41, 5.74) is 7.70. The third-order valence-electron chi connectivity index (χ3n) is 2.74. The molecule has 2 aromatic rings. The summed E-state index contributed by atoms with van der Waals surface area (Å²) in [4.78, 5) is 4.49. The second-order valence-corrected chi connectivity index (χ2v) is 5.09. The molecule has 0 saturated carbocycles. The van der Waals surface area contributed by atoms with E-state index in [1.165, 1.54) is 0 Å². The minimum absolute atomic E-state index is 0.332. The Labute approximate surface area is 118 Å². The van der Waals surface area contributed by atoms with Crippen molar-refractivity contribution in [1.29, 1.82) is 0 Å². The number of nitrogens with two attached hydrogens (primary N) is 1. The number of halogens is 1. The third kappa shape index (κ3) is 3.69. The normalized spacial score (nSPS) is 10.8. The molecule has 2 rings (SSSR count). The Morgan fingerprint density at radius 3 is 2.47 bits per heavy atom. The van der Waals surface area contributed by atoms with E-state index < -0.39 is 0 Å². The summed E-state index contributed by atoms with van der Waals surface area (Å²) in [6.45, 7) is 4.66. The SMILES string of the molecule is CC(C)c1cc(CN)cc(Oc2ccc(Cl)cc2)n1. The van der Waals surface area contributed by atoms with E-state index >= 15 is 0 Å². The minimum atomic E-state index is 0.332. The van der Waals surface area contributed by atoms with Crippen molar-refractivity contribution in [3.63, 3.8) is 0 Å². The van der Waals surface area contributed by atoms with Crippen LogP contribution in [0.1, 0.15) is 31.0 Å². The maximum Gasteiger partial charge on any atom is 0.219 e. The first-order valence-electron chi connectivity index (χ1n) is 6.23. The Hall–Kier alpha value is -1.58. The Balaban J connectivity index is 2.28. The topological polar surface area (TPSA) is 48.1 Å². The zero-order valence-corrected chi connectivity index (χ0v) is 11.8. The van der Waals surface area contributed by atoms with E-state index in [0.29, 0.717) is 29.1 Å². The molecule has 0 spiro atoms. The van der Waals surface area contributed by atoms with Gasteiger partial charge in [0.05, 0.1) is 0 Å². The number of rotatable bonds is 4. The Morgan fingerprint density at radius 2 is 1.89 bits per heavy atom. The second kappa shape index (κ2) is 6.04. The second-order valence-electron chi connectivity index (χ2n) is 4.65. The van der Waals surface area contributed by atoms with Crippen molar-refractivity contribution in [2.24, 2.45) is 5.73 Å². The molecule has 0 fully saturated rings. The van der Waals surface area contributed by atoms with E-state index in [-0.39, 0.29) is 0 Å². The van der Waals surface area contributed by atoms with Gasteiger partial charge in [-0.1, -0.05) is 25.4 Å². The third-order valence-corrected chi connectivity index (χ3v) is 3.00. The van der Waals surface area contributed by atoms with Gasteiger partial charge in [-0.15, -0.1) is 0 Å². The van der Waals surface area contributed by atoms with Crippen LogP contribution in [-0.2, 0) is 6.54 Å². The van der Waals surface area contributed by atoms with Gasteiger partial charge in [-0.3, -0.25) is 0 Å². The molecule has 0 saturated heterocycles. The molecule has 2 N–H and O–H groups in total. The number of benzene rings is 1. The molecular weight excluding hydrogens is 260 g/mol. The van der Waals surface area contributed by atoms with Gasteiger partial charge in [-0.2, -0.15) is 0 Å². The molecule has 0 aliphatic heterocycles. The Morgan fingerprint density at radius 1 is 1.21 bits per heavy atom. The van der Waals surface area contributed by atoms with Crippen LogP contribution in [0, 0.1) is 0 Å². The zero-order chi connectivity index (χ0) is 13.8. The van der Waals surface area contributed by atoms with Crippen molar-refractivity contribution in [2.75, 3.05) is 0 Å². The van der Waals surface area contributed by atoms with E-state index in [0.717, 1.165) is 11.3 Å². The minimum Gasteiger partial charge on any atom is -0.439 e. The van der Waals surface area contributed by atoms with Crippen molar-refractivity contribution >= 4 is 11.6 Å². The fourth-order valence-corrected chi connectivity index (χ4v) is 1.80. The fourth-order valence-electron chi connectivity index (χ4n) is 1.67. The lowest BCUT2D eigenvalue weighted by atomic mass is 10.1. The predicted molar refractivity (Wildman–Crippen MR) is 77.7 cm³/mol. The number of hydrogen-bond donors (Lipinski definition) is 1. The molecule has 19 heavy (non-hydrogen) atoms. The van der Waals surface area contributed by atoms with Crippen LogP contribution in [-0.4, -0.2) is 4.98 Å². The lowest BCUT2D eigenvalue weighted by Crippen LogP contribution is -2.02. The number of aromatic nitrogens is 1. The van der Waals surface area contributed by atoms with E-state index in [1.54, 1.807) is 12.1 Å². The highest BCUT2D eigenvalue weighted by atomic mass is 35.5. The quantitative estimate of drug-likeness (QED) is 0.914. The van der Waals surface area contributed by atoms with Crippen LogP contribution in [0.15, 0.2) is 36.4 Å². The van der Waals surface area contributed by atoms with Crippen LogP contribution in [0.5, 0.6) is 11.6 Å². The maximum absolute atomic E-state index is 5.84. The standard InChI is InChI=1S/C15H17ClN2O/c1-10(2)14-7-11(9-17)8-15(18-14)19-13-5-3-12(16)4-6-13/h3-8,10H,9,17H2,1-2H3. The molecule has 100 valence electrons. The molecule has 0 bridgehead atoms. The molecule has 0 radical (unpaired) electrons. The van der Waals surface area contributed by atoms with Crippen LogP contribution in [0.2, 0.25) is 5.02 Å². The van der Waals surface area contributed by atoms with Crippen LogP contribution in [0.25, 0.3) is 0 Å². The highest BCUT2D eigenvalue weighted by Gasteiger charge is 2.07. The molecule has 0 aliphatic rings. The summed E-state index contributed by atoms with van der Waals surface area (Å²) >= 11 is 5.84. The summed E-state index contributed by atoms with van der Waals surface area (Å²) in [5, 5.41) is 0.680. The molecule has 1 heterocycles. The van der Waals surface area contributed by atoms with Crippen molar-refractivity contribution in [3.05, 3.63) is 52.7 Å². The summed E-state index contributed by atoms with van der Waals surface area (Å²) in [6.07, 6.45) is 0. The number of pyridine rings is 1. The van der Waals surface area contributed by atoms with E-state index in [4.69, 9.17) is 22.1 Å². The maximum atomic E-state index is 5.84. The van der Waals surface area contributed by atoms with Gasteiger partial charge in [0.15, 0.2) is 0 Å². The van der Waals surface area contributed by atoms with Crippen molar-refractivity contribution in [1.82, 2.24) is 4.98 Å². The average Bonchev–Trinajstić information content (AvgIpc) is 2.41. The lowest BCUT2D eigenvalue weighted by Gasteiger charge is -2.11. The molecule has 0 aliphatic carbocycles. The van der Waals surface area contributed by atoms with E-state index in [2.05, 4.69) is 18.8 Å². The first-order valence-corrected chi connectivity index (χ1v) is 6.60. The largest absolute Gasteiger partial charge is 0.439 e. The average molecular weight is 277 g/mol. The van der Waals surface area contributed by atoms with Gasteiger partial charge < -0.3 is 10.5 Å². The van der Waals surface area contributed by atoms with Gasteiger partial charge in [0.2, 0.25) is 5.88 Å². The summed E-state index contributed by atoms with van der Waals surface area (Å²) in [6, 6.07) is 11.1. The molecule has 1 aromatic carbocycles. The summed E-state index contributed by atoms with van der Waals surface area (Å²) in [5.74, 6) is 1.61. The zero-order valence-electron chi connectivity index (χ0n) is 11.1. The van der Waals surface area contributed by atoms with Crippen molar-refractivity contribution in [2.45, 2.75) is 26.3 Å². The van der Waals surface area contributed by atoms with Crippen LogP contribution < -0.4 is 10.5 Å². The smallest absolute Gasteiger partial charge is 0.219 e. The number of ether oxygens (including phenoxy) is 1. The van der Waals surface area contributed by atoms with Gasteiger partial charge in [0.25, 0.3) is 0 Å². The van der Waals surface area contributed by atoms with Crippen molar-refractivity contribution < 1.29 is 4.74 Å². The van der Waals surface area contributed by atoms with Gasteiger partial charge in [0, 0.05) is 23.3 Å². The van der Waals surface area contributed by atoms with E-state index in [1.807, 2.05) is 24.3 Å². The molecule has 1 aromatic heterocycles. The van der Waals surface area contributed by atoms with Gasteiger partial charge in [0.1, 0.15) is 5.75 Å². The van der Waals surface area contributed by atoms with E-state index in [9.17, 15) is 0 Å². The predicted octanol–water partition coefficient (Wildman–Crippen LogP) is 4.11. The Kier molecular flexibility index (Phi) is 4.40. The van der Waals surface area contributed by atoms with Crippen LogP contribution in [0.4, 0.5) is 0 Å². The fraction of sp³-hybridized carbons (Fsp3) is 0.267. The molecular formula is C15H17ClN2O. The molecule has 0 atom stereocenters.